The van der Waals surface area contributed by atoms with Crippen LogP contribution in [-0.4, -0.2) is 19.9 Å². The third-order valence-electron chi connectivity index (χ3n) is 4.00. The molecule has 1 aliphatic heterocycles. The molecule has 0 unspecified atom stereocenters. The van der Waals surface area contributed by atoms with Gasteiger partial charge in [0.2, 0.25) is 0 Å². The highest BCUT2D eigenvalue weighted by atomic mass is 35.5. The van der Waals surface area contributed by atoms with Gasteiger partial charge in [-0.05, 0) is 36.6 Å². The molecule has 0 saturated heterocycles. The minimum atomic E-state index is -0.119. The SMILES string of the molecule is N#C/C(=C(O)\C=C\c1ccc(Cl)cc1)c1nnc2n1CCCCC2. The first kappa shape index (κ1) is 16.3. The van der Waals surface area contributed by atoms with E-state index in [1.165, 1.54) is 6.08 Å². The summed E-state index contributed by atoms with van der Waals surface area (Å²) in [5.41, 5.74) is 1.02. The normalized spacial score (nSPS) is 15.5. The van der Waals surface area contributed by atoms with Gasteiger partial charge in [0.15, 0.2) is 5.82 Å². The van der Waals surface area contributed by atoms with Gasteiger partial charge in [-0.1, -0.05) is 36.2 Å². The zero-order valence-corrected chi connectivity index (χ0v) is 13.9. The van der Waals surface area contributed by atoms with Crippen molar-refractivity contribution in [1.29, 1.82) is 5.26 Å². The highest BCUT2D eigenvalue weighted by Crippen LogP contribution is 2.22. The van der Waals surface area contributed by atoms with Gasteiger partial charge >= 0.3 is 0 Å². The molecule has 1 aromatic carbocycles. The van der Waals surface area contributed by atoms with Crippen LogP contribution in [0.5, 0.6) is 0 Å². The number of nitrogens with zero attached hydrogens (tertiary/aromatic N) is 4. The fraction of sp³-hybridized carbons (Fsp3) is 0.278. The quantitative estimate of drug-likeness (QED) is 0.517. The van der Waals surface area contributed by atoms with Crippen LogP contribution in [0.15, 0.2) is 36.1 Å². The summed E-state index contributed by atoms with van der Waals surface area (Å²) in [5, 5.41) is 28.7. The second-order valence-electron chi connectivity index (χ2n) is 5.66. The second-order valence-corrected chi connectivity index (χ2v) is 6.10. The number of fused-ring (bicyclic) bond motifs is 1. The highest BCUT2D eigenvalue weighted by Gasteiger charge is 2.19. The zero-order chi connectivity index (χ0) is 16.9. The molecule has 122 valence electrons. The Hall–Kier alpha value is -2.58. The van der Waals surface area contributed by atoms with Gasteiger partial charge in [0.1, 0.15) is 23.2 Å². The first-order valence-electron chi connectivity index (χ1n) is 7.88. The number of hydrogen-bond acceptors (Lipinski definition) is 4. The molecular formula is C18H17ClN4O. The summed E-state index contributed by atoms with van der Waals surface area (Å²) in [5.74, 6) is 1.20. The van der Waals surface area contributed by atoms with Crippen molar-refractivity contribution < 1.29 is 5.11 Å². The van der Waals surface area contributed by atoms with E-state index in [1.807, 2.05) is 16.7 Å². The van der Waals surface area contributed by atoms with Gasteiger partial charge in [0, 0.05) is 18.0 Å². The number of aromatic nitrogens is 3. The van der Waals surface area contributed by atoms with Crippen LogP contribution in [0.3, 0.4) is 0 Å². The van der Waals surface area contributed by atoms with Crippen molar-refractivity contribution in [1.82, 2.24) is 14.8 Å². The van der Waals surface area contributed by atoms with E-state index in [0.29, 0.717) is 10.8 Å². The summed E-state index contributed by atoms with van der Waals surface area (Å²) >= 11 is 5.85. The second kappa shape index (κ2) is 7.33. The Morgan fingerprint density at radius 2 is 2.00 bits per heavy atom. The number of aryl methyl sites for hydroxylation is 1. The molecule has 0 aliphatic carbocycles. The Balaban J connectivity index is 1.92. The predicted octanol–water partition coefficient (Wildman–Crippen LogP) is 4.16. The van der Waals surface area contributed by atoms with Gasteiger partial charge < -0.3 is 9.67 Å². The Morgan fingerprint density at radius 1 is 1.21 bits per heavy atom. The molecule has 0 saturated carbocycles. The standard InChI is InChI=1S/C18H17ClN4O/c19-14-8-5-13(6-9-14)7-10-16(24)15(12-20)18-22-21-17-4-2-1-3-11-23(17)18/h5-10,24H,1-4,11H2/b10-7+,16-15-. The van der Waals surface area contributed by atoms with E-state index in [1.54, 1.807) is 18.2 Å². The third kappa shape index (κ3) is 3.50. The Kier molecular flexibility index (Phi) is 4.97. The maximum absolute atomic E-state index is 10.3. The lowest BCUT2D eigenvalue weighted by Crippen LogP contribution is -2.06. The largest absolute Gasteiger partial charge is 0.506 e. The van der Waals surface area contributed by atoms with Crippen LogP contribution in [0, 0.1) is 11.3 Å². The summed E-state index contributed by atoms with van der Waals surface area (Å²) < 4.78 is 1.94. The summed E-state index contributed by atoms with van der Waals surface area (Å²) in [7, 11) is 0. The summed E-state index contributed by atoms with van der Waals surface area (Å²) in [6, 6.07) is 9.26. The van der Waals surface area contributed by atoms with Crippen molar-refractivity contribution >= 4 is 23.3 Å². The molecule has 2 aromatic rings. The molecule has 0 atom stereocenters. The molecule has 0 amide bonds. The summed E-state index contributed by atoms with van der Waals surface area (Å²) in [6.07, 6.45) is 7.32. The lowest BCUT2D eigenvalue weighted by Gasteiger charge is -2.06. The van der Waals surface area contributed by atoms with Crippen molar-refractivity contribution in [3.63, 3.8) is 0 Å². The average molecular weight is 341 g/mol. The molecule has 1 aliphatic rings. The van der Waals surface area contributed by atoms with Crippen LogP contribution in [0.1, 0.15) is 36.5 Å². The third-order valence-corrected chi connectivity index (χ3v) is 4.26. The van der Waals surface area contributed by atoms with E-state index in [4.69, 9.17) is 11.6 Å². The maximum atomic E-state index is 10.3. The molecule has 1 N–H and O–H groups in total. The zero-order valence-electron chi connectivity index (χ0n) is 13.1. The van der Waals surface area contributed by atoms with Crippen LogP contribution in [0.4, 0.5) is 0 Å². The number of aliphatic hydroxyl groups excluding tert-OH is 1. The summed E-state index contributed by atoms with van der Waals surface area (Å²) in [4.78, 5) is 0. The first-order chi connectivity index (χ1) is 11.7. The van der Waals surface area contributed by atoms with Crippen LogP contribution in [0.2, 0.25) is 5.02 Å². The maximum Gasteiger partial charge on any atom is 0.178 e. The smallest absolute Gasteiger partial charge is 0.178 e. The molecule has 6 heteroatoms. The van der Waals surface area contributed by atoms with Gasteiger partial charge in [-0.25, -0.2) is 0 Å². The number of rotatable bonds is 3. The van der Waals surface area contributed by atoms with Gasteiger partial charge in [-0.2, -0.15) is 5.26 Å². The Bertz CT molecular complexity index is 828. The Labute approximate surface area is 145 Å². The van der Waals surface area contributed by atoms with Crippen LogP contribution >= 0.6 is 11.6 Å². The van der Waals surface area contributed by atoms with Crippen molar-refractivity contribution in [2.45, 2.75) is 32.2 Å². The number of halogens is 1. The van der Waals surface area contributed by atoms with Crippen molar-refractivity contribution in [3.05, 3.63) is 58.3 Å². The van der Waals surface area contributed by atoms with Gasteiger partial charge in [-0.15, -0.1) is 10.2 Å². The van der Waals surface area contributed by atoms with Crippen LogP contribution in [-0.2, 0) is 13.0 Å². The molecule has 0 radical (unpaired) electrons. The molecule has 3 rings (SSSR count). The fourth-order valence-electron chi connectivity index (χ4n) is 2.72. The lowest BCUT2D eigenvalue weighted by molar-refractivity contribution is 0.435. The number of nitriles is 1. The minimum Gasteiger partial charge on any atom is -0.506 e. The molecule has 24 heavy (non-hydrogen) atoms. The number of hydrogen-bond donors (Lipinski definition) is 1. The van der Waals surface area contributed by atoms with Crippen LogP contribution in [0.25, 0.3) is 11.6 Å². The number of benzene rings is 1. The highest BCUT2D eigenvalue weighted by molar-refractivity contribution is 6.30. The molecule has 0 spiro atoms. The monoisotopic (exact) mass is 340 g/mol. The van der Waals surface area contributed by atoms with Crippen molar-refractivity contribution in [2.24, 2.45) is 0 Å². The van der Waals surface area contributed by atoms with E-state index in [-0.39, 0.29) is 11.3 Å². The Morgan fingerprint density at radius 3 is 2.75 bits per heavy atom. The predicted molar refractivity (Wildman–Crippen MR) is 93.2 cm³/mol. The van der Waals surface area contributed by atoms with E-state index in [0.717, 1.165) is 43.6 Å². The fourth-order valence-corrected chi connectivity index (χ4v) is 2.85. The number of aliphatic hydroxyl groups is 1. The van der Waals surface area contributed by atoms with E-state index in [9.17, 15) is 10.4 Å². The molecule has 0 fully saturated rings. The van der Waals surface area contributed by atoms with Crippen molar-refractivity contribution in [3.8, 4) is 6.07 Å². The lowest BCUT2D eigenvalue weighted by atomic mass is 10.1. The number of allylic oxidation sites excluding steroid dienone is 2. The van der Waals surface area contributed by atoms with E-state index >= 15 is 0 Å². The minimum absolute atomic E-state index is 0.119. The van der Waals surface area contributed by atoms with Crippen LogP contribution < -0.4 is 0 Å². The topological polar surface area (TPSA) is 74.7 Å². The summed E-state index contributed by atoms with van der Waals surface area (Å²) in [6.45, 7) is 0.775. The molecule has 0 bridgehead atoms. The molecule has 1 aromatic heterocycles. The van der Waals surface area contributed by atoms with E-state index < -0.39 is 0 Å². The average Bonchev–Trinajstić information content (AvgIpc) is 2.83. The van der Waals surface area contributed by atoms with Crippen molar-refractivity contribution in [2.75, 3.05) is 0 Å². The molecule has 2 heterocycles. The van der Waals surface area contributed by atoms with Gasteiger partial charge in [-0.3, -0.25) is 0 Å². The van der Waals surface area contributed by atoms with Gasteiger partial charge in [0.25, 0.3) is 0 Å². The van der Waals surface area contributed by atoms with E-state index in [2.05, 4.69) is 16.3 Å². The first-order valence-corrected chi connectivity index (χ1v) is 8.26. The molecular weight excluding hydrogens is 324 g/mol. The molecule has 5 nitrogen and oxygen atoms in total. The van der Waals surface area contributed by atoms with Gasteiger partial charge in [0.05, 0.1) is 0 Å².